The number of hydrogen-bond acceptors (Lipinski definition) is 2. The number of hydrogen-bond donors (Lipinski definition) is 0. The molecule has 1 saturated heterocycles. The fourth-order valence-corrected chi connectivity index (χ4v) is 1.60. The van der Waals surface area contributed by atoms with Crippen LogP contribution in [-0.2, 0) is 0 Å². The van der Waals surface area contributed by atoms with Gasteiger partial charge in [0.15, 0.2) is 0 Å². The van der Waals surface area contributed by atoms with Crippen LogP contribution in [0.3, 0.4) is 0 Å². The summed E-state index contributed by atoms with van der Waals surface area (Å²) in [5.74, 6) is 0. The summed E-state index contributed by atoms with van der Waals surface area (Å²) in [6.45, 7) is 16.0. The van der Waals surface area contributed by atoms with E-state index >= 15 is 0 Å². The fourth-order valence-electron chi connectivity index (χ4n) is 1.60. The van der Waals surface area contributed by atoms with Crippen molar-refractivity contribution in [3.8, 4) is 0 Å². The zero-order valence-corrected chi connectivity index (χ0v) is 10.5. The molecule has 0 aromatic heterocycles. The molecule has 0 aliphatic carbocycles. The van der Waals surface area contributed by atoms with Gasteiger partial charge in [0.05, 0.1) is 5.71 Å². The van der Waals surface area contributed by atoms with Crippen molar-refractivity contribution >= 4 is 12.1 Å². The molecule has 0 atom stereocenters. The number of aliphatic imine (C=N–C) groups is 2. The second kappa shape index (κ2) is 5.21. The molecule has 1 aliphatic rings. The highest BCUT2D eigenvalue weighted by atomic mass is 15.2. The van der Waals surface area contributed by atoms with Crippen LogP contribution >= 0.6 is 0 Å². The van der Waals surface area contributed by atoms with Crippen molar-refractivity contribution in [3.63, 3.8) is 0 Å². The van der Waals surface area contributed by atoms with E-state index in [1.807, 2.05) is 0 Å². The molecule has 1 rings (SSSR count). The Labute approximate surface area is 98.3 Å². The molecule has 0 spiro atoms. The Morgan fingerprint density at radius 2 is 2.12 bits per heavy atom. The van der Waals surface area contributed by atoms with Gasteiger partial charge in [-0.15, -0.1) is 0 Å². The average molecular weight is 219 g/mol. The quantitative estimate of drug-likeness (QED) is 0.527. The van der Waals surface area contributed by atoms with Crippen LogP contribution in [0.2, 0.25) is 0 Å². The lowest BCUT2D eigenvalue weighted by atomic mass is 10.0. The van der Waals surface area contributed by atoms with Crippen LogP contribution in [-0.4, -0.2) is 35.6 Å². The van der Waals surface area contributed by atoms with Gasteiger partial charge in [-0.05, 0) is 25.8 Å². The third-order valence-corrected chi connectivity index (χ3v) is 3.24. The Balaban J connectivity index is 2.74. The molecule has 0 aromatic carbocycles. The van der Waals surface area contributed by atoms with Crippen LogP contribution in [0.1, 0.15) is 27.2 Å². The SMILES string of the molecule is C=CN=CN=C1CN(C(C)(C)CC)CC1=C. The van der Waals surface area contributed by atoms with Crippen LogP contribution in [0, 0.1) is 0 Å². The van der Waals surface area contributed by atoms with Gasteiger partial charge in [0.2, 0.25) is 0 Å². The molecular weight excluding hydrogens is 198 g/mol. The molecule has 0 saturated carbocycles. The summed E-state index contributed by atoms with van der Waals surface area (Å²) in [7, 11) is 0. The van der Waals surface area contributed by atoms with Gasteiger partial charge in [0, 0.05) is 24.8 Å². The number of likely N-dealkylation sites (tertiary alicyclic amines) is 1. The lowest BCUT2D eigenvalue weighted by Crippen LogP contribution is -2.41. The largest absolute Gasteiger partial charge is 0.288 e. The topological polar surface area (TPSA) is 28.0 Å². The molecule has 0 unspecified atom stereocenters. The zero-order valence-electron chi connectivity index (χ0n) is 10.5. The third-order valence-electron chi connectivity index (χ3n) is 3.24. The first kappa shape index (κ1) is 12.8. The summed E-state index contributed by atoms with van der Waals surface area (Å²) in [5, 5.41) is 0. The first-order valence-electron chi connectivity index (χ1n) is 5.63. The molecule has 16 heavy (non-hydrogen) atoms. The monoisotopic (exact) mass is 219 g/mol. The Morgan fingerprint density at radius 3 is 2.69 bits per heavy atom. The van der Waals surface area contributed by atoms with Crippen molar-refractivity contribution in [2.45, 2.75) is 32.7 Å². The van der Waals surface area contributed by atoms with E-state index in [4.69, 9.17) is 0 Å². The second-order valence-corrected chi connectivity index (χ2v) is 4.65. The van der Waals surface area contributed by atoms with Gasteiger partial charge in [-0.25, -0.2) is 9.98 Å². The van der Waals surface area contributed by atoms with Crippen LogP contribution < -0.4 is 0 Å². The first-order valence-corrected chi connectivity index (χ1v) is 5.63. The van der Waals surface area contributed by atoms with Gasteiger partial charge in [-0.2, -0.15) is 0 Å². The smallest absolute Gasteiger partial charge is 0.115 e. The van der Waals surface area contributed by atoms with E-state index in [1.165, 1.54) is 12.5 Å². The van der Waals surface area contributed by atoms with Gasteiger partial charge >= 0.3 is 0 Å². The highest BCUT2D eigenvalue weighted by Crippen LogP contribution is 2.24. The van der Waals surface area contributed by atoms with Crippen molar-refractivity contribution in [2.24, 2.45) is 9.98 Å². The molecule has 0 N–H and O–H groups in total. The maximum Gasteiger partial charge on any atom is 0.115 e. The molecule has 3 nitrogen and oxygen atoms in total. The average Bonchev–Trinajstić information content (AvgIpc) is 2.62. The van der Waals surface area contributed by atoms with Crippen LogP contribution in [0.4, 0.5) is 0 Å². The maximum absolute atomic E-state index is 4.30. The van der Waals surface area contributed by atoms with Crippen molar-refractivity contribution in [1.82, 2.24) is 4.90 Å². The first-order chi connectivity index (χ1) is 7.51. The minimum Gasteiger partial charge on any atom is -0.288 e. The lowest BCUT2D eigenvalue weighted by molar-refractivity contribution is 0.162. The third kappa shape index (κ3) is 2.89. The lowest BCUT2D eigenvalue weighted by Gasteiger charge is -2.33. The zero-order chi connectivity index (χ0) is 12.2. The van der Waals surface area contributed by atoms with Crippen molar-refractivity contribution in [3.05, 3.63) is 24.9 Å². The van der Waals surface area contributed by atoms with E-state index in [0.717, 1.165) is 30.8 Å². The molecule has 0 amide bonds. The van der Waals surface area contributed by atoms with E-state index in [2.05, 4.69) is 48.8 Å². The minimum absolute atomic E-state index is 0.204. The summed E-state index contributed by atoms with van der Waals surface area (Å²) >= 11 is 0. The van der Waals surface area contributed by atoms with Gasteiger partial charge in [0.1, 0.15) is 6.34 Å². The summed E-state index contributed by atoms with van der Waals surface area (Å²) < 4.78 is 0. The van der Waals surface area contributed by atoms with Crippen molar-refractivity contribution in [2.75, 3.05) is 13.1 Å². The summed E-state index contributed by atoms with van der Waals surface area (Å²) in [6, 6.07) is 0. The Morgan fingerprint density at radius 1 is 1.44 bits per heavy atom. The second-order valence-electron chi connectivity index (χ2n) is 4.65. The highest BCUT2D eigenvalue weighted by molar-refractivity contribution is 6.06. The molecule has 1 fully saturated rings. The summed E-state index contributed by atoms with van der Waals surface area (Å²) in [4.78, 5) is 10.6. The van der Waals surface area contributed by atoms with Gasteiger partial charge in [0.25, 0.3) is 0 Å². The Bertz CT molecular complexity index is 337. The minimum atomic E-state index is 0.204. The standard InChI is InChI=1S/C13H21N3/c1-6-13(4,5)16-8-11(3)12(9-16)15-10-14-7-2/h7,10H,2-3,6,8-9H2,1,4-5H3. The van der Waals surface area contributed by atoms with Gasteiger partial charge in [-0.3, -0.25) is 4.90 Å². The van der Waals surface area contributed by atoms with Crippen LogP contribution in [0.15, 0.2) is 34.9 Å². The van der Waals surface area contributed by atoms with Crippen LogP contribution in [0.5, 0.6) is 0 Å². The number of nitrogens with zero attached hydrogens (tertiary/aromatic N) is 3. The van der Waals surface area contributed by atoms with E-state index < -0.39 is 0 Å². The van der Waals surface area contributed by atoms with E-state index in [-0.39, 0.29) is 5.54 Å². The molecule has 0 radical (unpaired) electrons. The fraction of sp³-hybridized carbons (Fsp3) is 0.538. The Hall–Kier alpha value is -1.22. The van der Waals surface area contributed by atoms with E-state index in [9.17, 15) is 0 Å². The molecular formula is C13H21N3. The predicted octanol–water partition coefficient (Wildman–Crippen LogP) is 2.66. The van der Waals surface area contributed by atoms with Crippen molar-refractivity contribution < 1.29 is 0 Å². The molecule has 1 heterocycles. The number of rotatable bonds is 4. The van der Waals surface area contributed by atoms with E-state index in [0.29, 0.717) is 0 Å². The molecule has 88 valence electrons. The normalized spacial score (nSPS) is 21.2. The molecule has 3 heteroatoms. The predicted molar refractivity (Wildman–Crippen MR) is 71.2 cm³/mol. The molecule has 1 aliphatic heterocycles. The highest BCUT2D eigenvalue weighted by Gasteiger charge is 2.31. The maximum atomic E-state index is 4.30. The van der Waals surface area contributed by atoms with E-state index in [1.54, 1.807) is 0 Å². The Kier molecular flexibility index (Phi) is 4.19. The van der Waals surface area contributed by atoms with Gasteiger partial charge in [-0.1, -0.05) is 20.1 Å². The van der Waals surface area contributed by atoms with Gasteiger partial charge < -0.3 is 0 Å². The molecule has 0 bridgehead atoms. The molecule has 0 aromatic rings. The summed E-state index contributed by atoms with van der Waals surface area (Å²) in [5.41, 5.74) is 2.33. The summed E-state index contributed by atoms with van der Waals surface area (Å²) in [6.07, 6.45) is 4.14. The van der Waals surface area contributed by atoms with Crippen molar-refractivity contribution in [1.29, 1.82) is 0 Å². The van der Waals surface area contributed by atoms with Crippen LogP contribution in [0.25, 0.3) is 0 Å².